The van der Waals surface area contributed by atoms with Crippen molar-refractivity contribution in [3.05, 3.63) is 59.7 Å². The normalized spacial score (nSPS) is 17.5. The average molecular weight is 506 g/mol. The summed E-state index contributed by atoms with van der Waals surface area (Å²) in [6.45, 7) is 4.58. The molecule has 0 atom stereocenters. The molecule has 1 aliphatic carbocycles. The lowest BCUT2D eigenvalue weighted by Crippen LogP contribution is -2.38. The van der Waals surface area contributed by atoms with E-state index in [9.17, 15) is 14.7 Å². The van der Waals surface area contributed by atoms with E-state index in [1.807, 2.05) is 55.6 Å². The highest BCUT2D eigenvalue weighted by molar-refractivity contribution is 7.18. The first-order chi connectivity index (χ1) is 16.9. The Bertz CT molecular complexity index is 1340. The number of carbonyl (C=O) groups is 2. The van der Waals surface area contributed by atoms with Gasteiger partial charge in [0.05, 0.1) is 11.4 Å². The van der Waals surface area contributed by atoms with Crippen molar-refractivity contribution in [2.75, 3.05) is 11.4 Å². The number of fused-ring (bicyclic) bond motifs is 1. The van der Waals surface area contributed by atoms with Gasteiger partial charge in [0, 0.05) is 41.4 Å². The highest BCUT2D eigenvalue weighted by Gasteiger charge is 2.31. The molecule has 188 valence electrons. The third kappa shape index (κ3) is 4.89. The number of carbonyl (C=O) groups excluding carboxylic acids is 1. The van der Waals surface area contributed by atoms with Crippen LogP contribution in [0.5, 0.6) is 0 Å². The molecule has 8 nitrogen and oxygen atoms in total. The molecule has 1 amide bonds. The molecule has 1 aromatic carbocycles. The third-order valence-corrected chi connectivity index (χ3v) is 8.01. The van der Waals surface area contributed by atoms with Crippen LogP contribution >= 0.6 is 11.3 Å². The van der Waals surface area contributed by atoms with Gasteiger partial charge in [-0.1, -0.05) is 31.2 Å². The van der Waals surface area contributed by atoms with Crippen molar-refractivity contribution in [3.8, 4) is 21.7 Å². The minimum Gasteiger partial charge on any atom is -0.477 e. The fraction of sp³-hybridized carbons (Fsp3) is 0.333. The Morgan fingerprint density at radius 3 is 2.44 bits per heavy atom. The quantitative estimate of drug-likeness (QED) is 0.323. The van der Waals surface area contributed by atoms with E-state index >= 15 is 0 Å². The van der Waals surface area contributed by atoms with Gasteiger partial charge in [0.1, 0.15) is 4.88 Å². The Labute approximate surface area is 214 Å². The van der Waals surface area contributed by atoms with Gasteiger partial charge in [-0.15, -0.1) is 11.3 Å². The van der Waals surface area contributed by atoms with Crippen molar-refractivity contribution in [3.63, 3.8) is 0 Å². The molecule has 1 fully saturated rings. The smallest absolute Gasteiger partial charge is 0.348 e. The summed E-state index contributed by atoms with van der Waals surface area (Å²) in [6, 6.07) is 13.5. The second-order valence-corrected chi connectivity index (χ2v) is 10.3. The standard InChI is InChI=1S/C27H28N4O3S.H3N/c1-3-30(26(32)20-7-5-17(2)6-8-20)22-16-23(35-25(22)27(33)34)19-11-9-18(10-12-19)21-15-24-28-13-4-14-31(24)29-21;/h4,9-17,20H,3,5-8H2,1-2H3,(H,33,34);1H3/t17-,20-;. The van der Waals surface area contributed by atoms with Gasteiger partial charge in [-0.25, -0.2) is 14.3 Å². The molecule has 3 heterocycles. The highest BCUT2D eigenvalue weighted by Crippen LogP contribution is 2.39. The fourth-order valence-corrected chi connectivity index (χ4v) is 5.83. The average Bonchev–Trinajstić information content (AvgIpc) is 3.50. The van der Waals surface area contributed by atoms with E-state index in [4.69, 9.17) is 0 Å². The maximum absolute atomic E-state index is 13.4. The van der Waals surface area contributed by atoms with Crippen LogP contribution < -0.4 is 11.1 Å². The minimum absolute atomic E-state index is 0. The Morgan fingerprint density at radius 1 is 1.11 bits per heavy atom. The number of hydrogen-bond acceptors (Lipinski definition) is 6. The summed E-state index contributed by atoms with van der Waals surface area (Å²) < 4.78 is 1.73. The lowest BCUT2D eigenvalue weighted by atomic mass is 9.82. The second kappa shape index (κ2) is 10.6. The van der Waals surface area contributed by atoms with Crippen molar-refractivity contribution in [2.24, 2.45) is 11.8 Å². The van der Waals surface area contributed by atoms with Crippen molar-refractivity contribution in [1.82, 2.24) is 20.7 Å². The van der Waals surface area contributed by atoms with Crippen LogP contribution in [0.3, 0.4) is 0 Å². The maximum Gasteiger partial charge on any atom is 0.348 e. The molecule has 0 bridgehead atoms. The van der Waals surface area contributed by atoms with Gasteiger partial charge in [0.15, 0.2) is 5.65 Å². The van der Waals surface area contributed by atoms with Gasteiger partial charge < -0.3 is 16.2 Å². The zero-order chi connectivity index (χ0) is 24.5. The second-order valence-electron chi connectivity index (χ2n) is 9.20. The van der Waals surface area contributed by atoms with E-state index in [1.165, 1.54) is 11.3 Å². The summed E-state index contributed by atoms with van der Waals surface area (Å²) in [5.41, 5.74) is 3.95. The third-order valence-electron chi connectivity index (χ3n) is 6.85. The van der Waals surface area contributed by atoms with E-state index < -0.39 is 5.97 Å². The molecule has 1 saturated carbocycles. The summed E-state index contributed by atoms with van der Waals surface area (Å²) in [5.74, 6) is -0.345. The summed E-state index contributed by atoms with van der Waals surface area (Å²) in [5, 5.41) is 14.5. The van der Waals surface area contributed by atoms with Crippen LogP contribution in [0.2, 0.25) is 0 Å². The Kier molecular flexibility index (Phi) is 7.51. The number of carboxylic acid groups (broad SMARTS) is 1. The molecule has 0 saturated heterocycles. The van der Waals surface area contributed by atoms with Crippen LogP contribution in [-0.2, 0) is 4.79 Å². The van der Waals surface area contributed by atoms with Crippen LogP contribution in [0, 0.1) is 11.8 Å². The number of thiophene rings is 1. The van der Waals surface area contributed by atoms with Crippen molar-refractivity contribution in [2.45, 2.75) is 39.5 Å². The molecule has 4 aromatic rings. The van der Waals surface area contributed by atoms with Crippen LogP contribution in [0.4, 0.5) is 5.69 Å². The number of amides is 1. The van der Waals surface area contributed by atoms with Crippen molar-refractivity contribution >= 4 is 34.5 Å². The predicted octanol–water partition coefficient (Wildman–Crippen LogP) is 6.16. The highest BCUT2D eigenvalue weighted by atomic mass is 32.1. The number of nitrogens with zero attached hydrogens (tertiary/aromatic N) is 4. The van der Waals surface area contributed by atoms with Crippen molar-refractivity contribution in [1.29, 1.82) is 0 Å². The maximum atomic E-state index is 13.4. The molecular weight excluding hydrogens is 474 g/mol. The molecule has 0 radical (unpaired) electrons. The zero-order valence-electron chi connectivity index (χ0n) is 20.6. The number of aromatic nitrogens is 3. The molecule has 36 heavy (non-hydrogen) atoms. The largest absolute Gasteiger partial charge is 0.477 e. The SMILES string of the molecule is CCN(c1cc(-c2ccc(-c3cc4ncccn4n3)cc2)sc1C(=O)O)C(=O)[C@H]1CC[C@H](C)CC1.N. The summed E-state index contributed by atoms with van der Waals surface area (Å²) in [4.78, 5) is 32.5. The van der Waals surface area contributed by atoms with Crippen LogP contribution in [-0.4, -0.2) is 38.1 Å². The topological polar surface area (TPSA) is 123 Å². The summed E-state index contributed by atoms with van der Waals surface area (Å²) in [6.07, 6.45) is 7.42. The molecule has 0 spiro atoms. The number of aromatic carboxylic acids is 1. The molecule has 0 unspecified atom stereocenters. The van der Waals surface area contributed by atoms with Gasteiger partial charge in [-0.3, -0.25) is 4.79 Å². The fourth-order valence-electron chi connectivity index (χ4n) is 4.83. The van der Waals surface area contributed by atoms with Crippen molar-refractivity contribution < 1.29 is 14.7 Å². The van der Waals surface area contributed by atoms with E-state index in [0.29, 0.717) is 18.2 Å². The van der Waals surface area contributed by atoms with Crippen LogP contribution in [0.1, 0.15) is 49.2 Å². The monoisotopic (exact) mass is 505 g/mol. The molecular formula is C27H31N5O3S. The first-order valence-electron chi connectivity index (χ1n) is 12.0. The molecule has 1 aliphatic rings. The van der Waals surface area contributed by atoms with Crippen LogP contribution in [0.25, 0.3) is 27.3 Å². The van der Waals surface area contributed by atoms with Gasteiger partial charge >= 0.3 is 5.97 Å². The van der Waals surface area contributed by atoms with Gasteiger partial charge in [0.2, 0.25) is 5.91 Å². The van der Waals surface area contributed by atoms with E-state index in [-0.39, 0.29) is 22.9 Å². The van der Waals surface area contributed by atoms with E-state index in [1.54, 1.807) is 15.6 Å². The first-order valence-corrected chi connectivity index (χ1v) is 12.9. The molecule has 9 heteroatoms. The van der Waals surface area contributed by atoms with E-state index in [0.717, 1.165) is 53.0 Å². The summed E-state index contributed by atoms with van der Waals surface area (Å²) >= 11 is 1.21. The summed E-state index contributed by atoms with van der Waals surface area (Å²) in [7, 11) is 0. The molecule has 5 rings (SSSR count). The van der Waals surface area contributed by atoms with Gasteiger partial charge in [-0.2, -0.15) is 5.10 Å². The number of hydrogen-bond donors (Lipinski definition) is 2. The Morgan fingerprint density at radius 2 is 1.81 bits per heavy atom. The number of anilines is 1. The minimum atomic E-state index is -1.01. The Balaban J connectivity index is 0.00000304. The zero-order valence-corrected chi connectivity index (χ0v) is 21.4. The van der Waals surface area contributed by atoms with Crippen LogP contribution in [0.15, 0.2) is 54.9 Å². The molecule has 3 aromatic heterocycles. The van der Waals surface area contributed by atoms with E-state index in [2.05, 4.69) is 17.0 Å². The first kappa shape index (κ1) is 25.5. The number of carboxylic acids is 1. The predicted molar refractivity (Wildman–Crippen MR) is 143 cm³/mol. The molecule has 0 aliphatic heterocycles. The van der Waals surface area contributed by atoms with Gasteiger partial charge in [0.25, 0.3) is 0 Å². The number of benzene rings is 1. The lowest BCUT2D eigenvalue weighted by molar-refractivity contribution is -0.123. The lowest BCUT2D eigenvalue weighted by Gasteiger charge is -2.30. The molecule has 4 N–H and O–H groups in total. The van der Waals surface area contributed by atoms with Gasteiger partial charge in [-0.05, 0) is 56.2 Å². The number of rotatable bonds is 6. The Hall–Kier alpha value is -3.56.